The van der Waals surface area contributed by atoms with E-state index in [1.165, 1.54) is 17.2 Å². The molecule has 24 heavy (non-hydrogen) atoms. The molecule has 0 fully saturated rings. The highest BCUT2D eigenvalue weighted by Crippen LogP contribution is 2.47. The SMILES string of the molecule is CCN1OC(c2cccc(C(F)(F)F)c2)=NC1(CC)OP(C)(=O)O. The lowest BCUT2D eigenvalue weighted by molar-refractivity contribution is -0.209. The van der Waals surface area contributed by atoms with E-state index in [4.69, 9.17) is 9.36 Å². The van der Waals surface area contributed by atoms with Gasteiger partial charge in [-0.15, -0.1) is 0 Å². The summed E-state index contributed by atoms with van der Waals surface area (Å²) in [5.41, 5.74) is -0.737. The summed E-state index contributed by atoms with van der Waals surface area (Å²) in [6, 6.07) is 4.50. The van der Waals surface area contributed by atoms with Crippen LogP contribution in [-0.4, -0.2) is 34.9 Å². The highest BCUT2D eigenvalue weighted by molar-refractivity contribution is 7.51. The Morgan fingerprint density at radius 2 is 2.08 bits per heavy atom. The zero-order valence-corrected chi connectivity index (χ0v) is 14.3. The number of hydrogen-bond donors (Lipinski definition) is 1. The smallest absolute Gasteiger partial charge is 0.381 e. The van der Waals surface area contributed by atoms with Crippen molar-refractivity contribution in [3.8, 4) is 0 Å². The van der Waals surface area contributed by atoms with Crippen LogP contribution in [0.4, 0.5) is 13.2 Å². The van der Waals surface area contributed by atoms with Crippen LogP contribution in [0.25, 0.3) is 0 Å². The first-order valence-electron chi connectivity index (χ1n) is 7.25. The van der Waals surface area contributed by atoms with Crippen LogP contribution in [0.2, 0.25) is 0 Å². The second kappa shape index (κ2) is 6.48. The highest BCUT2D eigenvalue weighted by atomic mass is 31.2. The van der Waals surface area contributed by atoms with Gasteiger partial charge in [-0.2, -0.15) is 18.2 Å². The van der Waals surface area contributed by atoms with Crippen molar-refractivity contribution in [2.75, 3.05) is 13.2 Å². The number of alkyl halides is 3. The Hall–Kier alpha value is -1.41. The van der Waals surface area contributed by atoms with Gasteiger partial charge in [-0.3, -0.25) is 9.09 Å². The van der Waals surface area contributed by atoms with Gasteiger partial charge in [0.15, 0.2) is 0 Å². The Labute approximate surface area is 137 Å². The van der Waals surface area contributed by atoms with Crippen LogP contribution in [0, 0.1) is 0 Å². The van der Waals surface area contributed by atoms with Crippen molar-refractivity contribution in [1.82, 2.24) is 5.06 Å². The summed E-state index contributed by atoms with van der Waals surface area (Å²) in [4.78, 5) is 19.2. The van der Waals surface area contributed by atoms with E-state index in [0.29, 0.717) is 0 Å². The average Bonchev–Trinajstić information content (AvgIpc) is 2.83. The number of hydroxylamine groups is 2. The minimum absolute atomic E-state index is 0.0988. The Morgan fingerprint density at radius 1 is 1.42 bits per heavy atom. The molecule has 0 aromatic heterocycles. The van der Waals surface area contributed by atoms with Crippen LogP contribution in [0.15, 0.2) is 29.3 Å². The third kappa shape index (κ3) is 3.97. The third-order valence-corrected chi connectivity index (χ3v) is 3.99. The van der Waals surface area contributed by atoms with E-state index in [1.807, 2.05) is 0 Å². The number of nitrogens with zero attached hydrogens (tertiary/aromatic N) is 2. The molecule has 0 saturated carbocycles. The monoisotopic (exact) mass is 366 g/mol. The fourth-order valence-electron chi connectivity index (χ4n) is 2.33. The molecule has 1 aromatic rings. The molecule has 6 nitrogen and oxygen atoms in total. The zero-order chi connectivity index (χ0) is 18.2. The molecule has 134 valence electrons. The van der Waals surface area contributed by atoms with Crippen LogP contribution in [0.3, 0.4) is 0 Å². The van der Waals surface area contributed by atoms with Gasteiger partial charge in [0.1, 0.15) is 0 Å². The minimum atomic E-state index is -4.50. The predicted octanol–water partition coefficient (Wildman–Crippen LogP) is 3.61. The third-order valence-electron chi connectivity index (χ3n) is 3.36. The molecule has 0 amide bonds. The Bertz CT molecular complexity index is 689. The van der Waals surface area contributed by atoms with Crippen LogP contribution in [0.5, 0.6) is 0 Å². The number of aliphatic imine (C=N–C) groups is 1. The van der Waals surface area contributed by atoms with E-state index in [-0.39, 0.29) is 24.4 Å². The Kier molecular flexibility index (Phi) is 5.11. The maximum atomic E-state index is 12.9. The standard InChI is InChI=1S/C14H18F3N2O4P/c1-4-13(23-24(3,20)21)18-12(22-19(13)5-2)10-7-6-8-11(9-10)14(15,16)17/h6-9H,4-5H2,1-3H3,(H,20,21). The molecule has 10 heteroatoms. The van der Waals surface area contributed by atoms with E-state index >= 15 is 0 Å². The summed E-state index contributed by atoms with van der Waals surface area (Å²) in [6.07, 6.45) is -4.33. The van der Waals surface area contributed by atoms with E-state index in [9.17, 15) is 22.6 Å². The van der Waals surface area contributed by atoms with Gasteiger partial charge in [-0.1, -0.05) is 18.1 Å². The number of benzene rings is 1. The summed E-state index contributed by atoms with van der Waals surface area (Å²) in [5.74, 6) is -1.66. The van der Waals surface area contributed by atoms with Crippen LogP contribution in [0.1, 0.15) is 31.4 Å². The first kappa shape index (κ1) is 18.9. The van der Waals surface area contributed by atoms with Crippen LogP contribution >= 0.6 is 7.60 Å². The maximum absolute atomic E-state index is 12.9. The van der Waals surface area contributed by atoms with Crippen molar-refractivity contribution < 1.29 is 32.0 Å². The molecule has 0 spiro atoms. The van der Waals surface area contributed by atoms with Crippen molar-refractivity contribution in [2.45, 2.75) is 32.3 Å². The molecule has 1 heterocycles. The molecule has 1 aliphatic rings. The molecule has 0 saturated heterocycles. The van der Waals surface area contributed by atoms with Gasteiger partial charge in [-0.25, -0.2) is 0 Å². The predicted molar refractivity (Wildman–Crippen MR) is 81.3 cm³/mol. The van der Waals surface area contributed by atoms with Crippen molar-refractivity contribution in [2.24, 2.45) is 4.99 Å². The Morgan fingerprint density at radius 3 is 2.58 bits per heavy atom. The van der Waals surface area contributed by atoms with Crippen LogP contribution < -0.4 is 0 Å². The lowest BCUT2D eigenvalue weighted by Crippen LogP contribution is -2.44. The summed E-state index contributed by atoms with van der Waals surface area (Å²) >= 11 is 0. The molecule has 0 aliphatic carbocycles. The van der Waals surface area contributed by atoms with Crippen molar-refractivity contribution in [1.29, 1.82) is 0 Å². The average molecular weight is 366 g/mol. The summed E-state index contributed by atoms with van der Waals surface area (Å²) in [6.45, 7) is 4.63. The van der Waals surface area contributed by atoms with Gasteiger partial charge in [-0.05, 0) is 25.1 Å². The molecular formula is C14H18F3N2O4P. The van der Waals surface area contributed by atoms with Gasteiger partial charge in [0, 0.05) is 25.2 Å². The number of halogens is 3. The van der Waals surface area contributed by atoms with Crippen molar-refractivity contribution >= 4 is 13.5 Å². The summed E-state index contributed by atoms with van der Waals surface area (Å²) in [5, 5.41) is 1.23. The van der Waals surface area contributed by atoms with Crippen LogP contribution in [-0.2, 0) is 20.1 Å². The molecule has 2 atom stereocenters. The highest BCUT2D eigenvalue weighted by Gasteiger charge is 2.47. The molecule has 2 unspecified atom stereocenters. The van der Waals surface area contributed by atoms with Crippen molar-refractivity contribution in [3.05, 3.63) is 35.4 Å². The fraction of sp³-hybridized carbons (Fsp3) is 0.500. The molecular weight excluding hydrogens is 348 g/mol. The van der Waals surface area contributed by atoms with Gasteiger partial charge in [0.2, 0.25) is 5.90 Å². The molecule has 1 N–H and O–H groups in total. The fourth-order valence-corrected chi connectivity index (χ4v) is 3.13. The first-order chi connectivity index (χ1) is 11.0. The van der Waals surface area contributed by atoms with E-state index < -0.39 is 25.2 Å². The number of rotatable bonds is 5. The largest absolute Gasteiger partial charge is 0.416 e. The first-order valence-corrected chi connectivity index (χ1v) is 9.27. The topological polar surface area (TPSA) is 71.4 Å². The second-order valence-corrected chi connectivity index (χ2v) is 7.06. The molecule has 0 bridgehead atoms. The van der Waals surface area contributed by atoms with E-state index in [2.05, 4.69) is 4.99 Å². The summed E-state index contributed by atoms with van der Waals surface area (Å²) < 4.78 is 55.4. The molecule has 2 rings (SSSR count). The van der Waals surface area contributed by atoms with Gasteiger partial charge < -0.3 is 9.73 Å². The Balaban J connectivity index is 2.45. The lowest BCUT2D eigenvalue weighted by Gasteiger charge is -2.32. The van der Waals surface area contributed by atoms with E-state index in [1.54, 1.807) is 13.8 Å². The maximum Gasteiger partial charge on any atom is 0.416 e. The van der Waals surface area contributed by atoms with Crippen molar-refractivity contribution in [3.63, 3.8) is 0 Å². The van der Waals surface area contributed by atoms with Gasteiger partial charge in [0.25, 0.3) is 5.85 Å². The minimum Gasteiger partial charge on any atom is -0.381 e. The molecule has 1 aromatic carbocycles. The van der Waals surface area contributed by atoms with Gasteiger partial charge in [0.05, 0.1) is 5.56 Å². The molecule has 0 radical (unpaired) electrons. The molecule has 1 aliphatic heterocycles. The lowest BCUT2D eigenvalue weighted by atomic mass is 10.1. The number of hydrogen-bond acceptors (Lipinski definition) is 5. The van der Waals surface area contributed by atoms with Gasteiger partial charge >= 0.3 is 13.8 Å². The zero-order valence-electron chi connectivity index (χ0n) is 13.4. The van der Waals surface area contributed by atoms with E-state index in [0.717, 1.165) is 18.8 Å². The summed E-state index contributed by atoms with van der Waals surface area (Å²) in [7, 11) is -3.91. The quantitative estimate of drug-likeness (QED) is 0.806. The second-order valence-electron chi connectivity index (χ2n) is 5.27. The normalized spacial score (nSPS) is 24.4.